The average Bonchev–Trinajstić information content (AvgIpc) is 2.52. The normalized spacial score (nSPS) is 10.0. The third-order valence-corrected chi connectivity index (χ3v) is 3.04. The fourth-order valence-electron chi connectivity index (χ4n) is 1.89. The standard InChI is InChI=1S/C14H17N3O7/c1-2-24-14(19)5-3-4-13(18)15-9-10-6-7-11(16(20)21)8-12(10)17(22)23/h6-8H,2-5,9H2,1H3,(H,15,18). The highest BCUT2D eigenvalue weighted by Gasteiger charge is 2.19. The van der Waals surface area contributed by atoms with Crippen LogP contribution in [0.25, 0.3) is 0 Å². The lowest BCUT2D eigenvalue weighted by molar-refractivity contribution is -0.394. The number of carbonyl (C=O) groups excluding carboxylic acids is 2. The van der Waals surface area contributed by atoms with E-state index in [0.717, 1.165) is 12.1 Å². The van der Waals surface area contributed by atoms with Crippen LogP contribution in [0.15, 0.2) is 18.2 Å². The first kappa shape index (κ1) is 19.0. The predicted octanol–water partition coefficient (Wildman–Crippen LogP) is 1.85. The maximum atomic E-state index is 11.7. The van der Waals surface area contributed by atoms with Gasteiger partial charge in [-0.1, -0.05) is 0 Å². The number of hydrogen-bond donors (Lipinski definition) is 1. The van der Waals surface area contributed by atoms with Crippen molar-refractivity contribution in [3.8, 4) is 0 Å². The van der Waals surface area contributed by atoms with Crippen molar-refractivity contribution in [2.24, 2.45) is 0 Å². The second-order valence-electron chi connectivity index (χ2n) is 4.76. The van der Waals surface area contributed by atoms with Crippen molar-refractivity contribution >= 4 is 23.3 Å². The molecular weight excluding hydrogens is 322 g/mol. The first-order valence-corrected chi connectivity index (χ1v) is 7.19. The van der Waals surface area contributed by atoms with Gasteiger partial charge in [0.05, 0.1) is 22.5 Å². The van der Waals surface area contributed by atoms with Crippen LogP contribution < -0.4 is 5.32 Å². The molecule has 10 heteroatoms. The number of nitrogens with one attached hydrogen (secondary N) is 1. The molecule has 1 amide bonds. The lowest BCUT2D eigenvalue weighted by Gasteiger charge is -2.06. The zero-order valence-corrected chi connectivity index (χ0v) is 13.0. The van der Waals surface area contributed by atoms with Gasteiger partial charge in [-0.05, 0) is 19.4 Å². The molecule has 1 aromatic carbocycles. The summed E-state index contributed by atoms with van der Waals surface area (Å²) in [6.45, 7) is 1.82. The molecule has 0 saturated heterocycles. The number of nitrogens with zero attached hydrogens (tertiary/aromatic N) is 2. The molecule has 0 saturated carbocycles. The topological polar surface area (TPSA) is 142 Å². The minimum atomic E-state index is -0.741. The lowest BCUT2D eigenvalue weighted by Crippen LogP contribution is -2.23. The maximum Gasteiger partial charge on any atom is 0.305 e. The summed E-state index contributed by atoms with van der Waals surface area (Å²) in [4.78, 5) is 42.9. The van der Waals surface area contributed by atoms with Crippen LogP contribution in [0.4, 0.5) is 11.4 Å². The van der Waals surface area contributed by atoms with Gasteiger partial charge in [0.15, 0.2) is 0 Å². The van der Waals surface area contributed by atoms with Gasteiger partial charge in [0.2, 0.25) is 5.91 Å². The van der Waals surface area contributed by atoms with Gasteiger partial charge in [-0.3, -0.25) is 29.8 Å². The molecule has 1 aromatic rings. The molecule has 1 N–H and O–H groups in total. The maximum absolute atomic E-state index is 11.7. The second-order valence-corrected chi connectivity index (χ2v) is 4.76. The smallest absolute Gasteiger partial charge is 0.305 e. The molecule has 0 heterocycles. The van der Waals surface area contributed by atoms with E-state index in [9.17, 15) is 29.8 Å². The number of benzene rings is 1. The van der Waals surface area contributed by atoms with Crippen LogP contribution in [0, 0.1) is 20.2 Å². The number of esters is 1. The monoisotopic (exact) mass is 339 g/mol. The van der Waals surface area contributed by atoms with Crippen molar-refractivity contribution < 1.29 is 24.2 Å². The highest BCUT2D eigenvalue weighted by atomic mass is 16.6. The van der Waals surface area contributed by atoms with E-state index in [1.54, 1.807) is 6.92 Å². The van der Waals surface area contributed by atoms with Crippen LogP contribution in [0.2, 0.25) is 0 Å². The lowest BCUT2D eigenvalue weighted by atomic mass is 10.1. The minimum absolute atomic E-state index is 0.0690. The summed E-state index contributed by atoms with van der Waals surface area (Å²) in [5.41, 5.74) is -0.674. The van der Waals surface area contributed by atoms with Gasteiger partial charge in [0.1, 0.15) is 0 Å². The largest absolute Gasteiger partial charge is 0.466 e. The van der Waals surface area contributed by atoms with Crippen molar-refractivity contribution in [1.29, 1.82) is 0 Å². The van der Waals surface area contributed by atoms with E-state index in [1.165, 1.54) is 6.07 Å². The summed E-state index contributed by atoms with van der Waals surface area (Å²) in [6.07, 6.45) is 0.478. The van der Waals surface area contributed by atoms with Gasteiger partial charge < -0.3 is 10.1 Å². The fourth-order valence-corrected chi connectivity index (χ4v) is 1.89. The molecule has 0 fully saturated rings. The van der Waals surface area contributed by atoms with E-state index < -0.39 is 27.2 Å². The molecule has 0 radical (unpaired) electrons. The quantitative estimate of drug-likeness (QED) is 0.411. The van der Waals surface area contributed by atoms with Gasteiger partial charge in [0, 0.05) is 31.0 Å². The Kier molecular flexibility index (Phi) is 7.27. The van der Waals surface area contributed by atoms with E-state index in [1.807, 2.05) is 0 Å². The van der Waals surface area contributed by atoms with Crippen molar-refractivity contribution in [2.45, 2.75) is 32.7 Å². The Morgan fingerprint density at radius 1 is 1.17 bits per heavy atom. The number of ether oxygens (including phenoxy) is 1. The zero-order valence-electron chi connectivity index (χ0n) is 13.0. The Morgan fingerprint density at radius 2 is 1.88 bits per heavy atom. The van der Waals surface area contributed by atoms with Gasteiger partial charge in [-0.15, -0.1) is 0 Å². The molecule has 130 valence electrons. The Labute approximate surface area is 137 Å². The van der Waals surface area contributed by atoms with E-state index in [2.05, 4.69) is 5.32 Å². The molecule has 0 unspecified atom stereocenters. The van der Waals surface area contributed by atoms with Crippen LogP contribution in [0.3, 0.4) is 0 Å². The van der Waals surface area contributed by atoms with E-state index in [4.69, 9.17) is 4.74 Å². The van der Waals surface area contributed by atoms with E-state index >= 15 is 0 Å². The van der Waals surface area contributed by atoms with Crippen LogP contribution in [-0.4, -0.2) is 28.3 Å². The van der Waals surface area contributed by atoms with Gasteiger partial charge in [0.25, 0.3) is 11.4 Å². The van der Waals surface area contributed by atoms with Gasteiger partial charge in [-0.25, -0.2) is 0 Å². The van der Waals surface area contributed by atoms with E-state index in [0.29, 0.717) is 6.42 Å². The van der Waals surface area contributed by atoms with Crippen molar-refractivity contribution in [3.05, 3.63) is 44.0 Å². The molecule has 0 atom stereocenters. The van der Waals surface area contributed by atoms with Gasteiger partial charge in [-0.2, -0.15) is 0 Å². The predicted molar refractivity (Wildman–Crippen MR) is 82.1 cm³/mol. The summed E-state index contributed by atoms with van der Waals surface area (Å²) >= 11 is 0. The van der Waals surface area contributed by atoms with Crippen LogP contribution in [0.5, 0.6) is 0 Å². The Bertz CT molecular complexity index is 645. The molecule has 0 aliphatic rings. The third-order valence-electron chi connectivity index (χ3n) is 3.04. The summed E-state index contributed by atoms with van der Waals surface area (Å²) in [6, 6.07) is 3.21. The molecular formula is C14H17N3O7. The number of amides is 1. The third kappa shape index (κ3) is 5.99. The molecule has 0 spiro atoms. The molecule has 1 rings (SSSR count). The van der Waals surface area contributed by atoms with Gasteiger partial charge >= 0.3 is 5.97 Å². The first-order chi connectivity index (χ1) is 11.3. The molecule has 0 bridgehead atoms. The summed E-state index contributed by atoms with van der Waals surface area (Å²) < 4.78 is 4.72. The molecule has 0 aliphatic heterocycles. The fraction of sp³-hybridized carbons (Fsp3) is 0.429. The SMILES string of the molecule is CCOC(=O)CCCC(=O)NCc1ccc([N+](=O)[O-])cc1[N+](=O)[O-]. The first-order valence-electron chi connectivity index (χ1n) is 7.19. The number of carbonyl (C=O) groups is 2. The second kappa shape index (κ2) is 9.18. The highest BCUT2D eigenvalue weighted by Crippen LogP contribution is 2.24. The number of nitro groups is 2. The number of nitro benzene ring substituents is 2. The Morgan fingerprint density at radius 3 is 2.46 bits per heavy atom. The average molecular weight is 339 g/mol. The molecule has 24 heavy (non-hydrogen) atoms. The summed E-state index contributed by atoms with van der Waals surface area (Å²) in [7, 11) is 0. The minimum Gasteiger partial charge on any atom is -0.466 e. The Hall–Kier alpha value is -3.04. The molecule has 0 aliphatic carbocycles. The van der Waals surface area contributed by atoms with Crippen molar-refractivity contribution in [3.63, 3.8) is 0 Å². The van der Waals surface area contributed by atoms with Crippen molar-refractivity contribution in [2.75, 3.05) is 6.61 Å². The van der Waals surface area contributed by atoms with Crippen molar-refractivity contribution in [1.82, 2.24) is 5.32 Å². The molecule has 10 nitrogen and oxygen atoms in total. The zero-order chi connectivity index (χ0) is 18.1. The van der Waals surface area contributed by atoms with Crippen LogP contribution >= 0.6 is 0 Å². The number of rotatable bonds is 9. The molecule has 0 aromatic heterocycles. The number of non-ortho nitro benzene ring substituents is 1. The number of hydrogen-bond acceptors (Lipinski definition) is 7. The van der Waals surface area contributed by atoms with Crippen LogP contribution in [-0.2, 0) is 20.9 Å². The Balaban J connectivity index is 2.57. The van der Waals surface area contributed by atoms with E-state index in [-0.39, 0.29) is 37.5 Å². The highest BCUT2D eigenvalue weighted by molar-refractivity contribution is 5.77. The van der Waals surface area contributed by atoms with Crippen LogP contribution in [0.1, 0.15) is 31.7 Å². The summed E-state index contributed by atoms with van der Waals surface area (Å²) in [5, 5.41) is 24.1. The summed E-state index contributed by atoms with van der Waals surface area (Å²) in [5.74, 6) is -0.775.